The van der Waals surface area contributed by atoms with Crippen molar-refractivity contribution < 1.29 is 18.8 Å². The molecular formula is C24H43N5O4SSi. The van der Waals surface area contributed by atoms with E-state index in [-0.39, 0.29) is 42.2 Å². The third-order valence-corrected chi connectivity index (χ3v) is 12.4. The molecule has 0 aliphatic carbocycles. The molecule has 11 heteroatoms. The molecule has 198 valence electrons. The first-order valence-corrected chi connectivity index (χ1v) is 16.2. The highest BCUT2D eigenvalue weighted by molar-refractivity contribution is 7.09. The number of aromatic nitrogens is 1. The van der Waals surface area contributed by atoms with Crippen LogP contribution in [0.2, 0.25) is 18.1 Å². The number of carbonyl (C=O) groups is 2. The van der Waals surface area contributed by atoms with Gasteiger partial charge in [0.25, 0.3) is 0 Å². The summed E-state index contributed by atoms with van der Waals surface area (Å²) in [4.78, 5) is 32.8. The van der Waals surface area contributed by atoms with E-state index in [1.54, 1.807) is 12.3 Å². The molecule has 0 aromatic carbocycles. The number of thiazole rings is 1. The van der Waals surface area contributed by atoms with Gasteiger partial charge in [-0.2, -0.15) is 0 Å². The van der Waals surface area contributed by atoms with Crippen molar-refractivity contribution >= 4 is 31.5 Å². The number of ether oxygens (including phenoxy) is 1. The minimum atomic E-state index is -2.02. The van der Waals surface area contributed by atoms with Crippen LogP contribution in [0.1, 0.15) is 89.8 Å². The number of nitrogens with zero attached hydrogens (tertiary/aromatic N) is 4. The van der Waals surface area contributed by atoms with E-state index >= 15 is 0 Å². The zero-order valence-electron chi connectivity index (χ0n) is 22.5. The normalized spacial score (nSPS) is 15.1. The molecule has 9 nitrogen and oxygen atoms in total. The Bertz CT molecular complexity index is 846. The van der Waals surface area contributed by atoms with Crippen LogP contribution in [0, 0.1) is 11.8 Å². The van der Waals surface area contributed by atoms with Gasteiger partial charge in [-0.1, -0.05) is 60.0 Å². The number of esters is 1. The Labute approximate surface area is 215 Å². The maximum atomic E-state index is 13.1. The lowest BCUT2D eigenvalue weighted by Crippen LogP contribution is -2.47. The zero-order chi connectivity index (χ0) is 26.6. The van der Waals surface area contributed by atoms with Gasteiger partial charge in [0.15, 0.2) is 14.0 Å². The van der Waals surface area contributed by atoms with Gasteiger partial charge in [0.05, 0.1) is 12.7 Å². The highest BCUT2D eigenvalue weighted by Gasteiger charge is 2.36. The number of azide groups is 1. The Hall–Kier alpha value is -1.94. The van der Waals surface area contributed by atoms with Gasteiger partial charge in [0.2, 0.25) is 5.91 Å². The van der Waals surface area contributed by atoms with Crippen molar-refractivity contribution in [1.29, 1.82) is 0 Å². The molecule has 0 aliphatic heterocycles. The van der Waals surface area contributed by atoms with Crippen LogP contribution < -0.4 is 5.32 Å². The molecule has 4 unspecified atom stereocenters. The molecule has 1 N–H and O–H groups in total. The molecule has 4 atom stereocenters. The second-order valence-corrected chi connectivity index (χ2v) is 14.9. The van der Waals surface area contributed by atoms with Crippen molar-refractivity contribution in [3.63, 3.8) is 0 Å². The molecule has 0 spiro atoms. The largest absolute Gasteiger partial charge is 0.461 e. The van der Waals surface area contributed by atoms with Crippen molar-refractivity contribution in [2.45, 2.75) is 105 Å². The molecule has 0 fully saturated rings. The van der Waals surface area contributed by atoms with E-state index in [0.29, 0.717) is 11.4 Å². The van der Waals surface area contributed by atoms with Crippen LogP contribution in [-0.4, -0.2) is 43.9 Å². The minimum absolute atomic E-state index is 0.0720. The molecule has 0 bridgehead atoms. The van der Waals surface area contributed by atoms with Crippen molar-refractivity contribution in [2.75, 3.05) is 6.61 Å². The minimum Gasteiger partial charge on any atom is -0.461 e. The van der Waals surface area contributed by atoms with E-state index in [1.165, 1.54) is 11.3 Å². The number of hydrogen-bond acceptors (Lipinski definition) is 7. The molecule has 1 amide bonds. The smallest absolute Gasteiger partial charge is 0.357 e. The van der Waals surface area contributed by atoms with E-state index in [2.05, 4.69) is 41.1 Å². The topological polar surface area (TPSA) is 126 Å². The van der Waals surface area contributed by atoms with Gasteiger partial charge < -0.3 is 14.5 Å². The van der Waals surface area contributed by atoms with Gasteiger partial charge in [0.1, 0.15) is 11.0 Å². The van der Waals surface area contributed by atoms with E-state index in [0.717, 1.165) is 24.6 Å². The van der Waals surface area contributed by atoms with Crippen molar-refractivity contribution in [1.82, 2.24) is 10.3 Å². The van der Waals surface area contributed by atoms with Gasteiger partial charge in [-0.25, -0.2) is 9.78 Å². The van der Waals surface area contributed by atoms with Gasteiger partial charge >= 0.3 is 5.97 Å². The average Bonchev–Trinajstić information content (AvgIpc) is 3.34. The van der Waals surface area contributed by atoms with Gasteiger partial charge in [-0.3, -0.25) is 4.79 Å². The molecule has 1 rings (SSSR count). The predicted octanol–water partition coefficient (Wildman–Crippen LogP) is 6.64. The summed E-state index contributed by atoms with van der Waals surface area (Å²) in [6.45, 7) is 16.5. The highest BCUT2D eigenvalue weighted by Crippen LogP contribution is 2.35. The van der Waals surface area contributed by atoms with E-state index in [4.69, 9.17) is 14.7 Å². The number of hydrogen-bond donors (Lipinski definition) is 1. The number of rotatable bonds is 16. The third-order valence-electron chi connectivity index (χ3n) is 6.84. The lowest BCUT2D eigenvalue weighted by atomic mass is 9.95. The third kappa shape index (κ3) is 8.90. The predicted molar refractivity (Wildman–Crippen MR) is 143 cm³/mol. The van der Waals surface area contributed by atoms with Gasteiger partial charge in [-0.05, 0) is 48.8 Å². The molecular weight excluding hydrogens is 482 g/mol. The summed E-state index contributed by atoms with van der Waals surface area (Å²) in [5.74, 6) is -0.680. The maximum absolute atomic E-state index is 13.1. The first-order valence-electron chi connectivity index (χ1n) is 12.8. The summed E-state index contributed by atoms with van der Waals surface area (Å²) < 4.78 is 12.0. The average molecular weight is 526 g/mol. The Morgan fingerprint density at radius 3 is 2.29 bits per heavy atom. The van der Waals surface area contributed by atoms with Gasteiger partial charge in [-0.15, -0.1) is 11.3 Å². The Morgan fingerprint density at radius 1 is 1.17 bits per heavy atom. The molecule has 1 aromatic heterocycles. The van der Waals surface area contributed by atoms with Crippen molar-refractivity contribution in [2.24, 2.45) is 17.0 Å². The SMILES string of the molecule is CCOC(=O)c1csc(C(CC(NC(=O)C(N=[N+]=[N-])C(C)CC)C(C)C)O[Si](CC)(CC)CC)n1. The first kappa shape index (κ1) is 31.1. The second kappa shape index (κ2) is 15.2. The molecule has 0 aliphatic rings. The number of carbonyl (C=O) groups excluding carboxylic acids is 2. The van der Waals surface area contributed by atoms with Crippen LogP contribution in [0.4, 0.5) is 0 Å². The molecule has 35 heavy (non-hydrogen) atoms. The number of amides is 1. The van der Waals surface area contributed by atoms with Crippen molar-refractivity contribution in [3.8, 4) is 0 Å². The standard InChI is InChI=1S/C24H43N5O4SSi/c1-9-17(8)21(28-29-25)22(30)26-18(16(6)7)14-20(33-35(11-3,12-4)13-5)23-27-19(15-34-23)24(31)32-10-2/h15-18,20-21H,9-14H2,1-8H3,(H,26,30). The summed E-state index contributed by atoms with van der Waals surface area (Å²) in [7, 11) is -2.02. The molecule has 0 radical (unpaired) electrons. The first-order chi connectivity index (χ1) is 16.6. The summed E-state index contributed by atoms with van der Waals surface area (Å²) in [6, 6.07) is 1.92. The van der Waals surface area contributed by atoms with Crippen LogP contribution in [0.15, 0.2) is 10.5 Å². The monoisotopic (exact) mass is 525 g/mol. The van der Waals surface area contributed by atoms with Crippen LogP contribution in [0.5, 0.6) is 0 Å². The maximum Gasteiger partial charge on any atom is 0.357 e. The highest BCUT2D eigenvalue weighted by atomic mass is 32.1. The molecule has 0 saturated carbocycles. The molecule has 0 saturated heterocycles. The Kier molecular flexibility index (Phi) is 13.5. The van der Waals surface area contributed by atoms with Crippen molar-refractivity contribution in [3.05, 3.63) is 26.5 Å². The second-order valence-electron chi connectivity index (χ2n) is 9.27. The fraction of sp³-hybridized carbons (Fsp3) is 0.792. The number of nitrogens with one attached hydrogen (secondary N) is 1. The van der Waals surface area contributed by atoms with Crippen LogP contribution in [0.25, 0.3) is 10.4 Å². The fourth-order valence-electron chi connectivity index (χ4n) is 3.94. The van der Waals surface area contributed by atoms with E-state index in [9.17, 15) is 9.59 Å². The summed E-state index contributed by atoms with van der Waals surface area (Å²) in [6.07, 6.45) is 0.879. The van der Waals surface area contributed by atoms with E-state index < -0.39 is 20.3 Å². The van der Waals surface area contributed by atoms with Crippen LogP contribution >= 0.6 is 11.3 Å². The lowest BCUT2D eigenvalue weighted by Gasteiger charge is -2.35. The fourth-order valence-corrected chi connectivity index (χ4v) is 7.66. The summed E-state index contributed by atoms with van der Waals surface area (Å²) in [5, 5.41) is 9.31. The molecule has 1 aromatic rings. The van der Waals surface area contributed by atoms with E-state index in [1.807, 2.05) is 27.7 Å². The van der Waals surface area contributed by atoms with Crippen LogP contribution in [-0.2, 0) is 14.0 Å². The Balaban J connectivity index is 3.30. The Morgan fingerprint density at radius 2 is 1.80 bits per heavy atom. The zero-order valence-corrected chi connectivity index (χ0v) is 24.4. The van der Waals surface area contributed by atoms with Crippen LogP contribution in [0.3, 0.4) is 0 Å². The molecule has 1 heterocycles. The summed E-state index contributed by atoms with van der Waals surface area (Å²) in [5.41, 5.74) is 9.26. The summed E-state index contributed by atoms with van der Waals surface area (Å²) >= 11 is 1.39. The van der Waals surface area contributed by atoms with Gasteiger partial charge in [0, 0.05) is 16.3 Å². The quantitative estimate of drug-likeness (QED) is 0.0851. The lowest BCUT2D eigenvalue weighted by molar-refractivity contribution is -0.124.